The Labute approximate surface area is 130 Å². The third kappa shape index (κ3) is 4.87. The van der Waals surface area contributed by atoms with Crippen molar-refractivity contribution in [2.75, 3.05) is 19.8 Å². The maximum Gasteiger partial charge on any atom is 0.161 e. The summed E-state index contributed by atoms with van der Waals surface area (Å²) < 4.78 is 16.8. The maximum atomic E-state index is 6.02. The van der Waals surface area contributed by atoms with E-state index < -0.39 is 0 Å². The largest absolute Gasteiger partial charge is 0.492 e. The Morgan fingerprint density at radius 3 is 1.90 bits per heavy atom. The Morgan fingerprint density at radius 2 is 1.29 bits per heavy atom. The Kier molecular flexibility index (Phi) is 6.22. The van der Waals surface area contributed by atoms with Crippen LogP contribution in [0.5, 0.6) is 17.2 Å². The van der Waals surface area contributed by atoms with E-state index in [2.05, 4.69) is 0 Å². The maximum absolute atomic E-state index is 6.02. The molecule has 0 unspecified atom stereocenters. The van der Waals surface area contributed by atoms with Gasteiger partial charge in [0.15, 0.2) is 11.5 Å². The summed E-state index contributed by atoms with van der Waals surface area (Å²) in [6.07, 6.45) is 0.770. The lowest BCUT2D eigenvalue weighted by molar-refractivity contribution is 0.236. The molecule has 0 heterocycles. The van der Waals surface area contributed by atoms with Crippen LogP contribution in [0.4, 0.5) is 0 Å². The SMILES string of the molecule is CCOc1ccccc1OCCCOc1ccccc1Cl. The van der Waals surface area contributed by atoms with Crippen molar-refractivity contribution in [3.05, 3.63) is 53.6 Å². The molecular formula is C17H19ClO3. The Hall–Kier alpha value is -1.87. The topological polar surface area (TPSA) is 27.7 Å². The molecule has 0 spiro atoms. The Morgan fingerprint density at radius 1 is 0.762 bits per heavy atom. The molecule has 4 heteroatoms. The van der Waals surface area contributed by atoms with E-state index in [0.29, 0.717) is 30.6 Å². The van der Waals surface area contributed by atoms with Crippen LogP contribution in [-0.2, 0) is 0 Å². The second kappa shape index (κ2) is 8.42. The van der Waals surface area contributed by atoms with E-state index in [9.17, 15) is 0 Å². The minimum Gasteiger partial charge on any atom is -0.492 e. The highest BCUT2D eigenvalue weighted by atomic mass is 35.5. The van der Waals surface area contributed by atoms with Gasteiger partial charge in [-0.25, -0.2) is 0 Å². The summed E-state index contributed by atoms with van der Waals surface area (Å²) in [7, 11) is 0. The molecule has 0 saturated carbocycles. The Bertz CT molecular complexity index is 557. The highest BCUT2D eigenvalue weighted by Gasteiger charge is 2.03. The molecule has 2 aromatic carbocycles. The van der Waals surface area contributed by atoms with E-state index in [1.54, 1.807) is 0 Å². The van der Waals surface area contributed by atoms with Crippen LogP contribution in [0.3, 0.4) is 0 Å². The van der Waals surface area contributed by atoms with Gasteiger partial charge < -0.3 is 14.2 Å². The standard InChI is InChI=1S/C17H19ClO3/c1-2-19-16-10-5-6-11-17(16)21-13-7-12-20-15-9-4-3-8-14(15)18/h3-6,8-11H,2,7,12-13H2,1H3. The Balaban J connectivity index is 1.74. The van der Waals surface area contributed by atoms with Crippen LogP contribution in [0.1, 0.15) is 13.3 Å². The zero-order valence-electron chi connectivity index (χ0n) is 12.0. The molecule has 0 radical (unpaired) electrons. The van der Waals surface area contributed by atoms with Crippen molar-refractivity contribution in [1.29, 1.82) is 0 Å². The van der Waals surface area contributed by atoms with Crippen LogP contribution in [0.25, 0.3) is 0 Å². The monoisotopic (exact) mass is 306 g/mol. The smallest absolute Gasteiger partial charge is 0.161 e. The van der Waals surface area contributed by atoms with Gasteiger partial charge in [0.1, 0.15) is 5.75 Å². The van der Waals surface area contributed by atoms with E-state index in [4.69, 9.17) is 25.8 Å². The van der Waals surface area contributed by atoms with Crippen LogP contribution in [-0.4, -0.2) is 19.8 Å². The van der Waals surface area contributed by atoms with Crippen molar-refractivity contribution >= 4 is 11.6 Å². The van der Waals surface area contributed by atoms with Crippen LogP contribution in [0.2, 0.25) is 5.02 Å². The number of hydrogen-bond donors (Lipinski definition) is 0. The molecule has 0 amide bonds. The molecule has 2 aromatic rings. The van der Waals surface area contributed by atoms with Gasteiger partial charge in [0.05, 0.1) is 24.8 Å². The minimum atomic E-state index is 0.556. The molecule has 0 fully saturated rings. The van der Waals surface area contributed by atoms with Gasteiger partial charge in [0, 0.05) is 6.42 Å². The fourth-order valence-electron chi connectivity index (χ4n) is 1.83. The number of para-hydroxylation sites is 3. The van der Waals surface area contributed by atoms with Gasteiger partial charge in [0.2, 0.25) is 0 Å². The summed E-state index contributed by atoms with van der Waals surface area (Å²) in [5.41, 5.74) is 0. The second-order valence-corrected chi connectivity index (χ2v) is 4.77. The van der Waals surface area contributed by atoms with Crippen LogP contribution in [0.15, 0.2) is 48.5 Å². The summed E-state index contributed by atoms with van der Waals surface area (Å²) in [5, 5.41) is 0.625. The molecule has 0 aliphatic heterocycles. The van der Waals surface area contributed by atoms with Crippen molar-refractivity contribution in [2.24, 2.45) is 0 Å². The molecule has 2 rings (SSSR count). The van der Waals surface area contributed by atoms with E-state index in [1.165, 1.54) is 0 Å². The third-order valence-corrected chi connectivity index (χ3v) is 3.10. The molecule has 0 atom stereocenters. The highest BCUT2D eigenvalue weighted by Crippen LogP contribution is 2.26. The van der Waals surface area contributed by atoms with Crippen molar-refractivity contribution in [2.45, 2.75) is 13.3 Å². The number of benzene rings is 2. The summed E-state index contributed by atoms with van der Waals surface area (Å²) >= 11 is 6.02. The summed E-state index contributed by atoms with van der Waals surface area (Å²) in [6.45, 7) is 3.69. The van der Waals surface area contributed by atoms with Gasteiger partial charge in [0.25, 0.3) is 0 Å². The number of hydrogen-bond acceptors (Lipinski definition) is 3. The fourth-order valence-corrected chi connectivity index (χ4v) is 2.02. The van der Waals surface area contributed by atoms with Gasteiger partial charge in [-0.2, -0.15) is 0 Å². The number of rotatable bonds is 8. The predicted molar refractivity (Wildman–Crippen MR) is 84.7 cm³/mol. The zero-order valence-corrected chi connectivity index (χ0v) is 12.8. The molecule has 0 saturated heterocycles. The first kappa shape index (κ1) is 15.5. The molecule has 0 bridgehead atoms. The molecule has 0 N–H and O–H groups in total. The van der Waals surface area contributed by atoms with E-state index in [0.717, 1.165) is 17.9 Å². The lowest BCUT2D eigenvalue weighted by Gasteiger charge is -2.12. The highest BCUT2D eigenvalue weighted by molar-refractivity contribution is 6.32. The van der Waals surface area contributed by atoms with Gasteiger partial charge in [-0.05, 0) is 31.2 Å². The van der Waals surface area contributed by atoms with E-state index in [1.807, 2.05) is 55.5 Å². The van der Waals surface area contributed by atoms with Gasteiger partial charge in [-0.3, -0.25) is 0 Å². The summed E-state index contributed by atoms with van der Waals surface area (Å²) in [6, 6.07) is 15.1. The molecular weight excluding hydrogens is 288 g/mol. The average Bonchev–Trinajstić information content (AvgIpc) is 2.50. The first-order chi connectivity index (χ1) is 10.3. The first-order valence-corrected chi connectivity index (χ1v) is 7.41. The number of ether oxygens (including phenoxy) is 3. The molecule has 112 valence electrons. The fraction of sp³-hybridized carbons (Fsp3) is 0.294. The summed E-state index contributed by atoms with van der Waals surface area (Å²) in [5.74, 6) is 2.23. The average molecular weight is 307 g/mol. The van der Waals surface area contributed by atoms with Gasteiger partial charge >= 0.3 is 0 Å². The molecule has 0 aliphatic rings. The van der Waals surface area contributed by atoms with Crippen molar-refractivity contribution in [1.82, 2.24) is 0 Å². The molecule has 0 aliphatic carbocycles. The minimum absolute atomic E-state index is 0.556. The van der Waals surface area contributed by atoms with Crippen molar-refractivity contribution in [3.8, 4) is 17.2 Å². The first-order valence-electron chi connectivity index (χ1n) is 7.03. The van der Waals surface area contributed by atoms with Crippen molar-refractivity contribution in [3.63, 3.8) is 0 Å². The molecule has 3 nitrogen and oxygen atoms in total. The third-order valence-electron chi connectivity index (χ3n) is 2.79. The number of halogens is 1. The molecule has 0 aromatic heterocycles. The van der Waals surface area contributed by atoms with Gasteiger partial charge in [-0.1, -0.05) is 35.9 Å². The summed E-state index contributed by atoms with van der Waals surface area (Å²) in [4.78, 5) is 0. The van der Waals surface area contributed by atoms with Crippen LogP contribution in [0, 0.1) is 0 Å². The van der Waals surface area contributed by atoms with E-state index in [-0.39, 0.29) is 0 Å². The lowest BCUT2D eigenvalue weighted by atomic mass is 10.3. The second-order valence-electron chi connectivity index (χ2n) is 4.36. The van der Waals surface area contributed by atoms with Crippen LogP contribution < -0.4 is 14.2 Å². The quantitative estimate of drug-likeness (QED) is 0.668. The predicted octanol–water partition coefficient (Wildman–Crippen LogP) is 4.59. The molecule has 21 heavy (non-hydrogen) atoms. The normalized spacial score (nSPS) is 10.2. The van der Waals surface area contributed by atoms with Crippen molar-refractivity contribution < 1.29 is 14.2 Å². The lowest BCUT2D eigenvalue weighted by Crippen LogP contribution is -2.06. The van der Waals surface area contributed by atoms with Gasteiger partial charge in [-0.15, -0.1) is 0 Å². The van der Waals surface area contributed by atoms with Crippen LogP contribution >= 0.6 is 11.6 Å². The van der Waals surface area contributed by atoms with E-state index >= 15 is 0 Å². The zero-order chi connectivity index (χ0) is 14.9.